The fourth-order valence-electron chi connectivity index (χ4n) is 6.12. The highest BCUT2D eigenvalue weighted by molar-refractivity contribution is 5.97. The Kier molecular flexibility index (Phi) is 5.03. The number of nitriles is 1. The number of likely N-dealkylation sites (tertiary alicyclic amines) is 1. The maximum Gasteiger partial charge on any atom is 0.270 e. The molecule has 170 valence electrons. The van der Waals surface area contributed by atoms with E-state index >= 15 is 0 Å². The van der Waals surface area contributed by atoms with E-state index < -0.39 is 12.1 Å². The SMILES string of the molecule is Cc1ccc(C(=O)N2CC3(CCCC3)C[C@H]2C(=O)N[C@H](C#N)C[C@@H]2CC3(CC3)NC2=O)[nH]1. The monoisotopic (exact) mass is 437 g/mol. The minimum absolute atomic E-state index is 0.00879. The van der Waals surface area contributed by atoms with Gasteiger partial charge in [0, 0.05) is 23.7 Å². The Balaban J connectivity index is 1.30. The topological polar surface area (TPSA) is 118 Å². The third kappa shape index (κ3) is 3.78. The van der Waals surface area contributed by atoms with Gasteiger partial charge in [-0.05, 0) is 69.4 Å². The maximum atomic E-state index is 13.3. The lowest BCUT2D eigenvalue weighted by Gasteiger charge is -2.25. The van der Waals surface area contributed by atoms with E-state index in [0.717, 1.165) is 50.6 Å². The summed E-state index contributed by atoms with van der Waals surface area (Å²) in [7, 11) is 0. The summed E-state index contributed by atoms with van der Waals surface area (Å²) in [5.41, 5.74) is 1.33. The number of H-pyrrole nitrogens is 1. The van der Waals surface area contributed by atoms with Crippen molar-refractivity contribution in [2.45, 2.75) is 82.3 Å². The van der Waals surface area contributed by atoms with E-state index in [1.165, 1.54) is 0 Å². The standard InChI is InChI=1S/C24H31N5O3/c1-15-4-5-18(26-15)22(32)29-14-23(6-2-3-7-23)12-19(29)21(31)27-17(13-25)10-16-11-24(8-9-24)28-20(16)30/h4-5,16-17,19,26H,2-3,6-12,14H2,1H3,(H,27,31)(H,28,30)/t16-,17+,19+/m1/s1. The Bertz CT molecular complexity index is 982. The van der Waals surface area contributed by atoms with E-state index in [0.29, 0.717) is 25.1 Å². The van der Waals surface area contributed by atoms with Crippen LogP contribution in [0, 0.1) is 29.6 Å². The molecule has 4 fully saturated rings. The van der Waals surface area contributed by atoms with Gasteiger partial charge in [0.15, 0.2) is 0 Å². The molecule has 0 unspecified atom stereocenters. The molecule has 2 saturated heterocycles. The average Bonchev–Trinajstić information content (AvgIpc) is 3.19. The van der Waals surface area contributed by atoms with Crippen LogP contribution in [-0.2, 0) is 9.59 Å². The van der Waals surface area contributed by atoms with Gasteiger partial charge in [-0.1, -0.05) is 12.8 Å². The second-order valence-corrected chi connectivity index (χ2v) is 10.5. The first-order chi connectivity index (χ1) is 15.3. The molecule has 3 atom stereocenters. The molecule has 1 aromatic rings. The van der Waals surface area contributed by atoms with Gasteiger partial charge in [0.05, 0.1) is 6.07 Å². The molecule has 3 amide bonds. The van der Waals surface area contributed by atoms with E-state index in [9.17, 15) is 19.6 Å². The van der Waals surface area contributed by atoms with Crippen LogP contribution < -0.4 is 10.6 Å². The summed E-state index contributed by atoms with van der Waals surface area (Å²) >= 11 is 0. The summed E-state index contributed by atoms with van der Waals surface area (Å²) in [5, 5.41) is 15.6. The lowest BCUT2D eigenvalue weighted by atomic mass is 9.84. The number of carbonyl (C=O) groups excluding carboxylic acids is 3. The summed E-state index contributed by atoms with van der Waals surface area (Å²) in [6, 6.07) is 4.46. The molecule has 0 bridgehead atoms. The average molecular weight is 438 g/mol. The van der Waals surface area contributed by atoms with Gasteiger partial charge in [-0.2, -0.15) is 5.26 Å². The van der Waals surface area contributed by atoms with Crippen LogP contribution in [0.3, 0.4) is 0 Å². The van der Waals surface area contributed by atoms with Gasteiger partial charge >= 0.3 is 0 Å². The van der Waals surface area contributed by atoms with Crippen LogP contribution >= 0.6 is 0 Å². The van der Waals surface area contributed by atoms with Gasteiger partial charge in [0.25, 0.3) is 5.91 Å². The molecule has 2 spiro atoms. The number of aryl methyl sites for hydroxylation is 1. The van der Waals surface area contributed by atoms with Crippen molar-refractivity contribution in [2.24, 2.45) is 11.3 Å². The molecule has 0 aromatic carbocycles. The highest BCUT2D eigenvalue weighted by Crippen LogP contribution is 2.48. The highest BCUT2D eigenvalue weighted by atomic mass is 16.2. The molecule has 8 nitrogen and oxygen atoms in total. The number of nitrogens with zero attached hydrogens (tertiary/aromatic N) is 2. The number of aromatic nitrogens is 1. The van der Waals surface area contributed by atoms with Crippen LogP contribution in [0.15, 0.2) is 12.1 Å². The number of rotatable bonds is 5. The number of aromatic amines is 1. The lowest BCUT2D eigenvalue weighted by molar-refractivity contribution is -0.126. The van der Waals surface area contributed by atoms with Gasteiger partial charge in [0.2, 0.25) is 11.8 Å². The Morgan fingerprint density at radius 3 is 2.59 bits per heavy atom. The molecule has 5 rings (SSSR count). The minimum atomic E-state index is -0.739. The Labute approximate surface area is 188 Å². The van der Waals surface area contributed by atoms with Crippen molar-refractivity contribution in [1.82, 2.24) is 20.5 Å². The van der Waals surface area contributed by atoms with Crippen molar-refractivity contribution in [1.29, 1.82) is 5.26 Å². The first-order valence-electron chi connectivity index (χ1n) is 11.8. The van der Waals surface area contributed by atoms with E-state index in [-0.39, 0.29) is 34.6 Å². The number of nitrogens with one attached hydrogen (secondary N) is 3. The predicted octanol–water partition coefficient (Wildman–Crippen LogP) is 2.17. The van der Waals surface area contributed by atoms with Crippen LogP contribution in [0.1, 0.15) is 74.0 Å². The maximum absolute atomic E-state index is 13.3. The molecule has 4 aliphatic rings. The lowest BCUT2D eigenvalue weighted by Crippen LogP contribution is -2.49. The molecule has 2 aliphatic carbocycles. The van der Waals surface area contributed by atoms with Crippen LogP contribution in [0.25, 0.3) is 0 Å². The van der Waals surface area contributed by atoms with Gasteiger partial charge < -0.3 is 20.5 Å². The molecule has 3 heterocycles. The van der Waals surface area contributed by atoms with Gasteiger partial charge in [-0.3, -0.25) is 14.4 Å². The second-order valence-electron chi connectivity index (χ2n) is 10.5. The van der Waals surface area contributed by atoms with Crippen LogP contribution in [0.4, 0.5) is 0 Å². The molecule has 2 aliphatic heterocycles. The van der Waals surface area contributed by atoms with Crippen molar-refractivity contribution in [3.8, 4) is 6.07 Å². The first kappa shape index (κ1) is 21.0. The summed E-state index contributed by atoms with van der Waals surface area (Å²) < 4.78 is 0. The van der Waals surface area contributed by atoms with Gasteiger partial charge in [-0.25, -0.2) is 0 Å². The zero-order valence-electron chi connectivity index (χ0n) is 18.6. The van der Waals surface area contributed by atoms with Crippen LogP contribution in [0.5, 0.6) is 0 Å². The number of amides is 3. The Hall–Kier alpha value is -2.82. The molecule has 1 aromatic heterocycles. The zero-order chi connectivity index (χ0) is 22.5. The molecule has 3 N–H and O–H groups in total. The summed E-state index contributed by atoms with van der Waals surface area (Å²) in [6.07, 6.45) is 7.98. The summed E-state index contributed by atoms with van der Waals surface area (Å²) in [4.78, 5) is 43.7. The summed E-state index contributed by atoms with van der Waals surface area (Å²) in [6.45, 7) is 2.47. The van der Waals surface area contributed by atoms with Crippen molar-refractivity contribution in [3.05, 3.63) is 23.5 Å². The van der Waals surface area contributed by atoms with E-state index in [2.05, 4.69) is 21.7 Å². The molecular formula is C24H31N5O3. The van der Waals surface area contributed by atoms with E-state index in [1.54, 1.807) is 11.0 Å². The Morgan fingerprint density at radius 1 is 1.25 bits per heavy atom. The highest BCUT2D eigenvalue weighted by Gasteiger charge is 2.53. The van der Waals surface area contributed by atoms with Gasteiger partial charge in [0.1, 0.15) is 17.8 Å². The number of hydrogen-bond acceptors (Lipinski definition) is 4. The van der Waals surface area contributed by atoms with E-state index in [4.69, 9.17) is 0 Å². The van der Waals surface area contributed by atoms with E-state index in [1.807, 2.05) is 13.0 Å². The minimum Gasteiger partial charge on any atom is -0.355 e. The molecule has 2 saturated carbocycles. The fraction of sp³-hybridized carbons (Fsp3) is 0.667. The zero-order valence-corrected chi connectivity index (χ0v) is 18.6. The first-order valence-corrected chi connectivity index (χ1v) is 11.8. The van der Waals surface area contributed by atoms with Crippen molar-refractivity contribution in [2.75, 3.05) is 6.54 Å². The fourth-order valence-corrected chi connectivity index (χ4v) is 6.12. The molecule has 32 heavy (non-hydrogen) atoms. The second kappa shape index (κ2) is 7.65. The van der Waals surface area contributed by atoms with Crippen molar-refractivity contribution >= 4 is 17.7 Å². The number of hydrogen-bond donors (Lipinski definition) is 3. The summed E-state index contributed by atoms with van der Waals surface area (Å²) in [5.74, 6) is -0.702. The quantitative estimate of drug-likeness (QED) is 0.654. The molecule has 8 heteroatoms. The van der Waals surface area contributed by atoms with Crippen molar-refractivity contribution < 1.29 is 14.4 Å². The Morgan fingerprint density at radius 2 is 2.00 bits per heavy atom. The normalized spacial score (nSPS) is 28.0. The molecule has 0 radical (unpaired) electrons. The number of carbonyl (C=O) groups is 3. The molecular weight excluding hydrogens is 406 g/mol. The third-order valence-corrected chi connectivity index (χ3v) is 8.04. The predicted molar refractivity (Wildman–Crippen MR) is 116 cm³/mol. The van der Waals surface area contributed by atoms with Crippen molar-refractivity contribution in [3.63, 3.8) is 0 Å². The van der Waals surface area contributed by atoms with Crippen LogP contribution in [0.2, 0.25) is 0 Å². The smallest absolute Gasteiger partial charge is 0.270 e. The van der Waals surface area contributed by atoms with Crippen LogP contribution in [-0.4, -0.2) is 51.8 Å². The van der Waals surface area contributed by atoms with Gasteiger partial charge in [-0.15, -0.1) is 0 Å². The largest absolute Gasteiger partial charge is 0.355 e. The third-order valence-electron chi connectivity index (χ3n) is 8.04.